The molecule has 1 heteroatoms. The maximum atomic E-state index is 10.2. The van der Waals surface area contributed by atoms with E-state index in [1.165, 1.54) is 32.1 Å². The maximum Gasteiger partial charge on any atom is 0.0543 e. The summed E-state index contributed by atoms with van der Waals surface area (Å²) in [6.45, 7) is 14.6. The van der Waals surface area contributed by atoms with Gasteiger partial charge in [-0.3, -0.25) is 0 Å². The molecule has 4 rings (SSSR count). The van der Waals surface area contributed by atoms with E-state index in [0.29, 0.717) is 28.6 Å². The van der Waals surface area contributed by atoms with Crippen molar-refractivity contribution in [2.24, 2.45) is 46.3 Å². The molecule has 162 valence electrons. The molecule has 8 atom stereocenters. The summed E-state index contributed by atoms with van der Waals surface area (Å²) in [6.07, 6.45) is 18.5. The van der Waals surface area contributed by atoms with Crippen molar-refractivity contribution in [2.45, 2.75) is 92.6 Å². The van der Waals surface area contributed by atoms with E-state index in [9.17, 15) is 5.11 Å². The minimum absolute atomic E-state index is 0.0622. The van der Waals surface area contributed by atoms with E-state index in [-0.39, 0.29) is 6.10 Å². The average molecular weight is 397 g/mol. The van der Waals surface area contributed by atoms with Crippen LogP contribution >= 0.6 is 0 Å². The summed E-state index contributed by atoms with van der Waals surface area (Å²) >= 11 is 0. The van der Waals surface area contributed by atoms with E-state index in [4.69, 9.17) is 0 Å². The highest BCUT2D eigenvalue weighted by Crippen LogP contribution is 2.65. The Bertz CT molecular complexity index is 712. The third-order valence-corrected chi connectivity index (χ3v) is 9.98. The topological polar surface area (TPSA) is 20.2 Å². The molecule has 0 bridgehead atoms. The number of rotatable bonds is 4. The van der Waals surface area contributed by atoms with Gasteiger partial charge >= 0.3 is 0 Å². The minimum atomic E-state index is -0.0622. The van der Waals surface area contributed by atoms with E-state index in [0.717, 1.165) is 30.6 Å². The van der Waals surface area contributed by atoms with Crippen LogP contribution < -0.4 is 0 Å². The van der Waals surface area contributed by atoms with Gasteiger partial charge in [-0.1, -0.05) is 65.8 Å². The first kappa shape index (κ1) is 21.4. The zero-order chi connectivity index (χ0) is 21.0. The lowest BCUT2D eigenvalue weighted by Crippen LogP contribution is -2.48. The number of allylic oxidation sites excluding steroid dienone is 6. The van der Waals surface area contributed by atoms with Crippen LogP contribution in [0, 0.1) is 46.3 Å². The Kier molecular flexibility index (Phi) is 5.69. The fourth-order valence-corrected chi connectivity index (χ4v) is 7.42. The number of hydrogen-bond donors (Lipinski definition) is 1. The van der Waals surface area contributed by atoms with Gasteiger partial charge in [-0.2, -0.15) is 0 Å². The van der Waals surface area contributed by atoms with E-state index < -0.39 is 0 Å². The molecule has 0 spiro atoms. The second-order valence-corrected chi connectivity index (χ2v) is 11.8. The largest absolute Gasteiger partial charge is 0.393 e. The van der Waals surface area contributed by atoms with Crippen molar-refractivity contribution in [3.05, 3.63) is 35.5 Å². The van der Waals surface area contributed by atoms with E-state index >= 15 is 0 Å². The molecular weight excluding hydrogens is 352 g/mol. The highest BCUT2D eigenvalue weighted by atomic mass is 16.3. The van der Waals surface area contributed by atoms with Crippen LogP contribution in [0.2, 0.25) is 0 Å². The molecule has 0 amide bonds. The van der Waals surface area contributed by atoms with Gasteiger partial charge in [0.2, 0.25) is 0 Å². The second-order valence-electron chi connectivity index (χ2n) is 11.8. The van der Waals surface area contributed by atoms with Gasteiger partial charge in [0.1, 0.15) is 0 Å². The Morgan fingerprint density at radius 2 is 1.76 bits per heavy atom. The van der Waals surface area contributed by atoms with Crippen LogP contribution in [-0.2, 0) is 0 Å². The smallest absolute Gasteiger partial charge is 0.0543 e. The zero-order valence-corrected chi connectivity index (χ0v) is 19.7. The molecular formula is C28H44O. The summed E-state index contributed by atoms with van der Waals surface area (Å²) in [5, 5.41) is 10.2. The minimum Gasteiger partial charge on any atom is -0.393 e. The molecule has 29 heavy (non-hydrogen) atoms. The Morgan fingerprint density at radius 1 is 1.00 bits per heavy atom. The maximum absolute atomic E-state index is 10.2. The van der Waals surface area contributed by atoms with Crippen molar-refractivity contribution >= 4 is 0 Å². The molecule has 0 radical (unpaired) electrons. The number of fused-ring (bicyclic) bond motifs is 5. The normalized spacial score (nSPS) is 44.0. The van der Waals surface area contributed by atoms with Gasteiger partial charge in [0.15, 0.2) is 0 Å². The van der Waals surface area contributed by atoms with Gasteiger partial charge in [-0.05, 0) is 102 Å². The first-order valence-corrected chi connectivity index (χ1v) is 12.4. The molecule has 4 aliphatic rings. The fourth-order valence-electron chi connectivity index (χ4n) is 7.42. The summed E-state index contributed by atoms with van der Waals surface area (Å²) in [5.41, 5.74) is 4.18. The van der Waals surface area contributed by atoms with Gasteiger partial charge < -0.3 is 5.11 Å². The number of hydrogen-bond acceptors (Lipinski definition) is 1. The number of aliphatic hydroxyl groups excluding tert-OH is 1. The quantitative estimate of drug-likeness (QED) is 0.493. The van der Waals surface area contributed by atoms with Crippen LogP contribution in [0.15, 0.2) is 35.5 Å². The van der Waals surface area contributed by atoms with Crippen molar-refractivity contribution < 1.29 is 5.11 Å². The molecule has 2 unspecified atom stereocenters. The molecule has 2 saturated carbocycles. The SMILES string of the molecule is CC(C)[C@@H](C)C=C[C@@H](C)[C@H]1CC=C2C3=CCC4CC(O)CC[C@]4(C)[C@H]3CC[C@@]21C. The lowest BCUT2D eigenvalue weighted by atomic mass is 9.48. The molecule has 0 aromatic heterocycles. The number of aliphatic hydroxyl groups is 1. The lowest BCUT2D eigenvalue weighted by molar-refractivity contribution is -0.0256. The van der Waals surface area contributed by atoms with Crippen LogP contribution in [-0.4, -0.2) is 11.2 Å². The predicted molar refractivity (Wildman–Crippen MR) is 123 cm³/mol. The average Bonchev–Trinajstić information content (AvgIpc) is 3.03. The van der Waals surface area contributed by atoms with E-state index in [2.05, 4.69) is 65.8 Å². The summed E-state index contributed by atoms with van der Waals surface area (Å²) in [5.74, 6) is 4.17. The van der Waals surface area contributed by atoms with Gasteiger partial charge in [0, 0.05) is 0 Å². The third-order valence-electron chi connectivity index (χ3n) is 9.98. The standard InChI is InChI=1S/C28H44O/c1-18(2)19(3)7-8-20(4)24-11-12-25-23-10-9-21-17-22(29)13-15-27(21,5)26(23)14-16-28(24,25)6/h7-8,10,12,18-22,24,26,29H,9,11,13-17H2,1-6H3/t19-,20+,21?,22?,24+,26-,27-,28+/m0/s1. The van der Waals surface area contributed by atoms with Crippen molar-refractivity contribution in [1.82, 2.24) is 0 Å². The Morgan fingerprint density at radius 3 is 2.48 bits per heavy atom. The summed E-state index contributed by atoms with van der Waals surface area (Å²) in [6, 6.07) is 0. The van der Waals surface area contributed by atoms with E-state index in [1.54, 1.807) is 11.1 Å². The molecule has 0 aliphatic heterocycles. The molecule has 0 aromatic rings. The fraction of sp³-hybridized carbons (Fsp3) is 0.786. The van der Waals surface area contributed by atoms with Crippen molar-refractivity contribution in [3.8, 4) is 0 Å². The third kappa shape index (κ3) is 3.50. The molecule has 0 heterocycles. The first-order chi connectivity index (χ1) is 13.7. The summed E-state index contributed by atoms with van der Waals surface area (Å²) < 4.78 is 0. The Hall–Kier alpha value is -0.820. The van der Waals surface area contributed by atoms with Crippen molar-refractivity contribution in [1.29, 1.82) is 0 Å². The van der Waals surface area contributed by atoms with Crippen molar-refractivity contribution in [3.63, 3.8) is 0 Å². The summed E-state index contributed by atoms with van der Waals surface area (Å²) in [7, 11) is 0. The van der Waals surface area contributed by atoms with Crippen molar-refractivity contribution in [2.75, 3.05) is 0 Å². The second kappa shape index (κ2) is 7.70. The van der Waals surface area contributed by atoms with Gasteiger partial charge in [-0.25, -0.2) is 0 Å². The predicted octanol–water partition coefficient (Wildman–Crippen LogP) is 7.33. The highest BCUT2D eigenvalue weighted by Gasteiger charge is 2.55. The van der Waals surface area contributed by atoms with Crippen LogP contribution in [0.5, 0.6) is 0 Å². The van der Waals surface area contributed by atoms with Crippen LogP contribution in [0.4, 0.5) is 0 Å². The zero-order valence-electron chi connectivity index (χ0n) is 19.7. The van der Waals surface area contributed by atoms with Gasteiger partial charge in [0.05, 0.1) is 6.10 Å². The van der Waals surface area contributed by atoms with Gasteiger partial charge in [0.25, 0.3) is 0 Å². The van der Waals surface area contributed by atoms with Crippen LogP contribution in [0.1, 0.15) is 86.5 Å². The molecule has 4 aliphatic carbocycles. The molecule has 2 fully saturated rings. The molecule has 0 aromatic carbocycles. The van der Waals surface area contributed by atoms with Gasteiger partial charge in [-0.15, -0.1) is 0 Å². The molecule has 1 nitrogen and oxygen atoms in total. The van der Waals surface area contributed by atoms with E-state index in [1.807, 2.05) is 0 Å². The molecule has 0 saturated heterocycles. The first-order valence-electron chi connectivity index (χ1n) is 12.4. The Labute approximate surface area is 179 Å². The van der Waals surface area contributed by atoms with Crippen LogP contribution in [0.3, 0.4) is 0 Å². The Balaban J connectivity index is 1.55. The monoisotopic (exact) mass is 396 g/mol. The van der Waals surface area contributed by atoms with Crippen LogP contribution in [0.25, 0.3) is 0 Å². The molecule has 1 N–H and O–H groups in total. The highest BCUT2D eigenvalue weighted by molar-refractivity contribution is 5.46. The summed E-state index contributed by atoms with van der Waals surface area (Å²) in [4.78, 5) is 0. The lowest BCUT2D eigenvalue weighted by Gasteiger charge is -2.56.